The molecule has 0 atom stereocenters. The zero-order valence-electron chi connectivity index (χ0n) is 20.8. The minimum absolute atomic E-state index is 0.0462. The fourth-order valence-corrected chi connectivity index (χ4v) is 4.09. The maximum Gasteiger partial charge on any atom is 0.262 e. The molecule has 3 aromatic carbocycles. The highest BCUT2D eigenvalue weighted by atomic mass is 35.5. The third-order valence-corrected chi connectivity index (χ3v) is 6.28. The number of amides is 1. The monoisotopic (exact) mass is 534 g/mol. The highest BCUT2D eigenvalue weighted by Crippen LogP contribution is 2.28. The number of halogens is 1. The maximum atomic E-state index is 12.8. The summed E-state index contributed by atoms with van der Waals surface area (Å²) in [5.74, 6) is 0.763. The van der Waals surface area contributed by atoms with Crippen LogP contribution in [0.15, 0.2) is 113 Å². The van der Waals surface area contributed by atoms with E-state index >= 15 is 0 Å². The Labute approximate surface area is 230 Å². The number of carbonyl (C=O) groups excluding carboxylic acids is 1. The Morgan fingerprint density at radius 1 is 1.03 bits per heavy atom. The Balaban J connectivity index is 1.42. The Morgan fingerprint density at radius 3 is 2.51 bits per heavy atom. The van der Waals surface area contributed by atoms with E-state index in [1.54, 1.807) is 29.1 Å². The van der Waals surface area contributed by atoms with Gasteiger partial charge in [0.15, 0.2) is 0 Å². The lowest BCUT2D eigenvalue weighted by atomic mass is 10.1. The molecular weight excluding hydrogens is 512 g/mol. The average Bonchev–Trinajstić information content (AvgIpc) is 3.65. The van der Waals surface area contributed by atoms with E-state index in [-0.39, 0.29) is 12.1 Å². The third-order valence-electron chi connectivity index (χ3n) is 5.91. The van der Waals surface area contributed by atoms with Crippen LogP contribution in [0.4, 0.5) is 0 Å². The molecule has 2 heterocycles. The Kier molecular flexibility index (Phi) is 7.87. The zero-order chi connectivity index (χ0) is 27.0. The van der Waals surface area contributed by atoms with Crippen molar-refractivity contribution in [2.24, 2.45) is 0 Å². The summed E-state index contributed by atoms with van der Waals surface area (Å²) in [5, 5.41) is 17.9. The molecule has 0 bridgehead atoms. The molecule has 2 aromatic heterocycles. The largest absolute Gasteiger partial charge is 0.489 e. The molecule has 0 fully saturated rings. The van der Waals surface area contributed by atoms with Crippen LogP contribution in [0, 0.1) is 11.3 Å². The van der Waals surface area contributed by atoms with Crippen molar-refractivity contribution in [3.05, 3.63) is 131 Å². The van der Waals surface area contributed by atoms with Gasteiger partial charge in [0, 0.05) is 27.9 Å². The molecule has 0 aliphatic carbocycles. The van der Waals surface area contributed by atoms with Crippen LogP contribution in [0.3, 0.4) is 0 Å². The number of nitriles is 1. The van der Waals surface area contributed by atoms with Gasteiger partial charge in [0.25, 0.3) is 5.91 Å². The van der Waals surface area contributed by atoms with Gasteiger partial charge in [0.2, 0.25) is 0 Å². The Hall–Kier alpha value is -5.06. The van der Waals surface area contributed by atoms with Crippen molar-refractivity contribution in [1.29, 1.82) is 5.26 Å². The molecule has 0 unspecified atom stereocenters. The van der Waals surface area contributed by atoms with E-state index in [4.69, 9.17) is 25.9 Å². The van der Waals surface area contributed by atoms with Crippen LogP contribution in [0.5, 0.6) is 5.75 Å². The predicted molar refractivity (Wildman–Crippen MR) is 149 cm³/mol. The SMILES string of the molecule is N#C/C(=C/c1cn(-c2ccccc2)nc1-c1ccc(OCc2ccccc2Cl)cc1)C(=O)NCc1ccco1. The van der Waals surface area contributed by atoms with Gasteiger partial charge in [-0.3, -0.25) is 4.79 Å². The number of rotatable bonds is 9. The number of nitrogens with zero attached hydrogens (tertiary/aromatic N) is 3. The summed E-state index contributed by atoms with van der Waals surface area (Å²) in [6.45, 7) is 0.519. The van der Waals surface area contributed by atoms with E-state index in [2.05, 4.69) is 5.32 Å². The van der Waals surface area contributed by atoms with Crippen LogP contribution < -0.4 is 10.1 Å². The van der Waals surface area contributed by atoms with Gasteiger partial charge in [-0.1, -0.05) is 48.0 Å². The summed E-state index contributed by atoms with van der Waals surface area (Å²) in [6.07, 6.45) is 4.87. The molecule has 0 aliphatic rings. The van der Waals surface area contributed by atoms with Crippen LogP contribution >= 0.6 is 11.6 Å². The fraction of sp³-hybridized carbons (Fsp3) is 0.0645. The second kappa shape index (κ2) is 12.0. The molecule has 0 spiro atoms. The molecule has 8 heteroatoms. The molecule has 5 aromatic rings. The van der Waals surface area contributed by atoms with Crippen molar-refractivity contribution in [3.63, 3.8) is 0 Å². The summed E-state index contributed by atoms with van der Waals surface area (Å²) in [5.41, 5.74) is 3.73. The van der Waals surface area contributed by atoms with Gasteiger partial charge in [0.1, 0.15) is 29.8 Å². The van der Waals surface area contributed by atoms with E-state index in [1.807, 2.05) is 84.9 Å². The number of aromatic nitrogens is 2. The van der Waals surface area contributed by atoms with Crippen molar-refractivity contribution < 1.29 is 13.9 Å². The first kappa shape index (κ1) is 25.6. The van der Waals surface area contributed by atoms with Crippen molar-refractivity contribution in [3.8, 4) is 28.8 Å². The first-order valence-electron chi connectivity index (χ1n) is 12.1. The molecule has 5 rings (SSSR count). The molecule has 0 radical (unpaired) electrons. The quantitative estimate of drug-likeness (QED) is 0.170. The molecule has 0 saturated heterocycles. The summed E-state index contributed by atoms with van der Waals surface area (Å²) in [4.78, 5) is 12.8. The van der Waals surface area contributed by atoms with Gasteiger partial charge >= 0.3 is 0 Å². The van der Waals surface area contributed by atoms with E-state index in [0.717, 1.165) is 16.8 Å². The van der Waals surface area contributed by atoms with Crippen molar-refractivity contribution in [2.45, 2.75) is 13.2 Å². The van der Waals surface area contributed by atoms with Crippen LogP contribution in [-0.2, 0) is 17.9 Å². The number of hydrogen-bond donors (Lipinski definition) is 1. The number of benzene rings is 3. The summed E-state index contributed by atoms with van der Waals surface area (Å²) in [6, 6.07) is 30.1. The molecule has 0 saturated carbocycles. The lowest BCUT2D eigenvalue weighted by Gasteiger charge is -2.08. The van der Waals surface area contributed by atoms with Gasteiger partial charge in [-0.15, -0.1) is 0 Å². The van der Waals surface area contributed by atoms with Crippen LogP contribution in [0.2, 0.25) is 5.02 Å². The molecule has 192 valence electrons. The van der Waals surface area contributed by atoms with E-state index in [1.165, 1.54) is 6.26 Å². The standard InChI is InChI=1S/C31H23ClN4O3/c32-29-11-5-4-7-23(29)21-39-27-14-12-22(13-15-27)30-25(20-36(35-30)26-8-2-1-3-9-26)17-24(18-33)31(37)34-19-28-10-6-16-38-28/h1-17,20H,19,21H2,(H,34,37)/b24-17-. The van der Waals surface area contributed by atoms with Crippen molar-refractivity contribution >= 4 is 23.6 Å². The summed E-state index contributed by atoms with van der Waals surface area (Å²) >= 11 is 6.24. The first-order chi connectivity index (χ1) is 19.1. The lowest BCUT2D eigenvalue weighted by molar-refractivity contribution is -0.117. The van der Waals surface area contributed by atoms with Gasteiger partial charge in [0.05, 0.1) is 24.2 Å². The van der Waals surface area contributed by atoms with Crippen LogP contribution in [-0.4, -0.2) is 15.7 Å². The molecule has 1 amide bonds. The highest BCUT2D eigenvalue weighted by molar-refractivity contribution is 6.31. The van der Waals surface area contributed by atoms with Crippen molar-refractivity contribution in [1.82, 2.24) is 15.1 Å². The van der Waals surface area contributed by atoms with Gasteiger partial charge in [-0.05, 0) is 60.7 Å². The minimum Gasteiger partial charge on any atom is -0.489 e. The fourth-order valence-electron chi connectivity index (χ4n) is 3.90. The zero-order valence-corrected chi connectivity index (χ0v) is 21.5. The molecule has 39 heavy (non-hydrogen) atoms. The van der Waals surface area contributed by atoms with Gasteiger partial charge in [-0.25, -0.2) is 4.68 Å². The van der Waals surface area contributed by atoms with E-state index in [9.17, 15) is 10.1 Å². The van der Waals surface area contributed by atoms with Crippen molar-refractivity contribution in [2.75, 3.05) is 0 Å². The minimum atomic E-state index is -0.504. The number of hydrogen-bond acceptors (Lipinski definition) is 5. The predicted octanol–water partition coefficient (Wildman–Crippen LogP) is 6.59. The van der Waals surface area contributed by atoms with E-state index in [0.29, 0.717) is 34.4 Å². The van der Waals surface area contributed by atoms with E-state index < -0.39 is 5.91 Å². The van der Waals surface area contributed by atoms with Gasteiger partial charge in [-0.2, -0.15) is 10.4 Å². The number of furan rings is 1. The molecule has 0 aliphatic heterocycles. The molecule has 1 N–H and O–H groups in total. The second-order valence-electron chi connectivity index (χ2n) is 8.55. The Bertz CT molecular complexity index is 1630. The number of ether oxygens (including phenoxy) is 1. The van der Waals surface area contributed by atoms with Crippen LogP contribution in [0.25, 0.3) is 23.0 Å². The smallest absolute Gasteiger partial charge is 0.262 e. The van der Waals surface area contributed by atoms with Gasteiger partial charge < -0.3 is 14.5 Å². The lowest BCUT2D eigenvalue weighted by Crippen LogP contribution is -2.23. The number of carbonyl (C=O) groups is 1. The average molecular weight is 535 g/mol. The molecule has 7 nitrogen and oxygen atoms in total. The number of para-hydroxylation sites is 1. The summed E-state index contributed by atoms with van der Waals surface area (Å²) in [7, 11) is 0. The van der Waals surface area contributed by atoms with Crippen LogP contribution in [0.1, 0.15) is 16.9 Å². The topological polar surface area (TPSA) is 93.1 Å². The first-order valence-corrected chi connectivity index (χ1v) is 12.5. The normalized spacial score (nSPS) is 11.1. The second-order valence-corrected chi connectivity index (χ2v) is 8.96. The third kappa shape index (κ3) is 6.27. The maximum absolute atomic E-state index is 12.8. The summed E-state index contributed by atoms with van der Waals surface area (Å²) < 4.78 is 12.9. The highest BCUT2D eigenvalue weighted by Gasteiger charge is 2.16. The molecular formula is C31H23ClN4O3. The number of nitrogens with one attached hydrogen (secondary N) is 1. The Morgan fingerprint density at radius 2 is 1.79 bits per heavy atom.